The quantitative estimate of drug-likeness (QED) is 0.816. The first kappa shape index (κ1) is 11.1. The van der Waals surface area contributed by atoms with Crippen LogP contribution in [0.1, 0.15) is 10.4 Å². The van der Waals surface area contributed by atoms with Gasteiger partial charge < -0.3 is 9.84 Å². The van der Waals surface area contributed by atoms with Gasteiger partial charge in [0.1, 0.15) is 5.56 Å². The summed E-state index contributed by atoms with van der Waals surface area (Å²) in [7, 11) is 0. The topological polar surface area (TPSA) is 55.1 Å². The van der Waals surface area contributed by atoms with E-state index in [4.69, 9.17) is 4.52 Å². The zero-order chi connectivity index (χ0) is 12.1. The van der Waals surface area contributed by atoms with Crippen LogP contribution in [0.2, 0.25) is 0 Å². The fourth-order valence-electron chi connectivity index (χ4n) is 1.46. The lowest BCUT2D eigenvalue weighted by Gasteiger charge is -2.01. The third-order valence-corrected chi connectivity index (χ3v) is 2.26. The van der Waals surface area contributed by atoms with Crippen LogP contribution in [0.3, 0.4) is 0 Å². The second-order valence-electron chi connectivity index (χ2n) is 3.43. The average Bonchev–Trinajstić information content (AvgIpc) is 2.86. The molecule has 1 heterocycles. The Hall–Kier alpha value is -2.36. The molecule has 0 aliphatic heterocycles. The minimum absolute atomic E-state index is 0.218. The van der Waals surface area contributed by atoms with E-state index in [0.29, 0.717) is 17.9 Å². The van der Waals surface area contributed by atoms with Gasteiger partial charge in [0.15, 0.2) is 5.76 Å². The van der Waals surface area contributed by atoms with Crippen molar-refractivity contribution in [1.82, 2.24) is 10.5 Å². The first-order valence-corrected chi connectivity index (χ1v) is 5.22. The summed E-state index contributed by atoms with van der Waals surface area (Å²) in [4.78, 5) is 11.8. The maximum Gasteiger partial charge on any atom is 0.257 e. The standard InChI is InChI=1S/C13H12N2O2/c1-2-8-14-13(16)11-9-15-17-12(11)10-6-4-3-5-7-10/h2-7,9H,1,8H2,(H,14,16). The van der Waals surface area contributed by atoms with Crippen molar-refractivity contribution in [2.75, 3.05) is 6.54 Å². The van der Waals surface area contributed by atoms with Crippen molar-refractivity contribution in [2.45, 2.75) is 0 Å². The molecule has 1 N–H and O–H groups in total. The van der Waals surface area contributed by atoms with Gasteiger partial charge in [0.05, 0.1) is 6.20 Å². The number of aromatic nitrogens is 1. The number of rotatable bonds is 4. The summed E-state index contributed by atoms with van der Waals surface area (Å²) >= 11 is 0. The van der Waals surface area contributed by atoms with Crippen LogP contribution in [0, 0.1) is 0 Å². The predicted octanol–water partition coefficient (Wildman–Crippen LogP) is 2.26. The zero-order valence-electron chi connectivity index (χ0n) is 9.22. The molecule has 0 atom stereocenters. The summed E-state index contributed by atoms with van der Waals surface area (Å²) in [6, 6.07) is 9.39. The van der Waals surface area contributed by atoms with Crippen LogP contribution in [-0.2, 0) is 0 Å². The second kappa shape index (κ2) is 5.12. The summed E-state index contributed by atoms with van der Waals surface area (Å²) in [6.07, 6.45) is 3.04. The molecule has 0 radical (unpaired) electrons. The molecule has 0 aliphatic rings. The van der Waals surface area contributed by atoms with Crippen molar-refractivity contribution in [1.29, 1.82) is 0 Å². The van der Waals surface area contributed by atoms with Crippen molar-refractivity contribution in [3.63, 3.8) is 0 Å². The number of carbonyl (C=O) groups is 1. The van der Waals surface area contributed by atoms with E-state index in [-0.39, 0.29) is 5.91 Å². The van der Waals surface area contributed by atoms with Crippen molar-refractivity contribution in [3.8, 4) is 11.3 Å². The molecule has 1 amide bonds. The molecule has 0 fully saturated rings. The van der Waals surface area contributed by atoms with Crippen LogP contribution in [-0.4, -0.2) is 17.6 Å². The molecule has 1 aromatic carbocycles. The third kappa shape index (κ3) is 2.42. The van der Waals surface area contributed by atoms with E-state index in [2.05, 4.69) is 17.1 Å². The van der Waals surface area contributed by atoms with Gasteiger partial charge >= 0.3 is 0 Å². The average molecular weight is 228 g/mol. The van der Waals surface area contributed by atoms with E-state index in [9.17, 15) is 4.79 Å². The Morgan fingerprint density at radius 2 is 2.18 bits per heavy atom. The minimum Gasteiger partial charge on any atom is -0.355 e. The summed E-state index contributed by atoms with van der Waals surface area (Å²) in [5.74, 6) is 0.261. The van der Waals surface area contributed by atoms with E-state index in [1.54, 1.807) is 6.08 Å². The molecule has 0 bridgehead atoms. The third-order valence-electron chi connectivity index (χ3n) is 2.26. The molecule has 4 nitrogen and oxygen atoms in total. The number of nitrogens with one attached hydrogen (secondary N) is 1. The summed E-state index contributed by atoms with van der Waals surface area (Å²) in [5.41, 5.74) is 1.26. The lowest BCUT2D eigenvalue weighted by atomic mass is 10.1. The minimum atomic E-state index is -0.218. The van der Waals surface area contributed by atoms with Crippen LogP contribution >= 0.6 is 0 Å². The van der Waals surface area contributed by atoms with Gasteiger partial charge in [0, 0.05) is 12.1 Å². The van der Waals surface area contributed by atoms with Gasteiger partial charge in [-0.15, -0.1) is 6.58 Å². The largest absolute Gasteiger partial charge is 0.355 e. The number of carbonyl (C=O) groups excluding carboxylic acids is 1. The highest BCUT2D eigenvalue weighted by molar-refractivity contribution is 5.99. The van der Waals surface area contributed by atoms with Crippen molar-refractivity contribution < 1.29 is 9.32 Å². The molecule has 17 heavy (non-hydrogen) atoms. The van der Waals surface area contributed by atoms with Crippen LogP contribution in [0.25, 0.3) is 11.3 Å². The molecule has 4 heteroatoms. The molecule has 0 saturated carbocycles. The van der Waals surface area contributed by atoms with Gasteiger partial charge in [-0.25, -0.2) is 0 Å². The highest BCUT2D eigenvalue weighted by atomic mass is 16.5. The monoisotopic (exact) mass is 228 g/mol. The summed E-state index contributed by atoms with van der Waals surface area (Å²) in [6.45, 7) is 3.96. The van der Waals surface area contributed by atoms with Crippen LogP contribution in [0.4, 0.5) is 0 Å². The van der Waals surface area contributed by atoms with Gasteiger partial charge in [-0.2, -0.15) is 0 Å². The Balaban J connectivity index is 2.29. The maximum atomic E-state index is 11.8. The van der Waals surface area contributed by atoms with Gasteiger partial charge in [0.25, 0.3) is 5.91 Å². The summed E-state index contributed by atoms with van der Waals surface area (Å²) < 4.78 is 5.12. The Labute approximate surface area is 98.9 Å². The molecule has 0 aliphatic carbocycles. The molecule has 2 rings (SSSR count). The Kier molecular flexibility index (Phi) is 3.35. The lowest BCUT2D eigenvalue weighted by molar-refractivity contribution is 0.0958. The Bertz CT molecular complexity index is 517. The number of amides is 1. The van der Waals surface area contributed by atoms with E-state index >= 15 is 0 Å². The first-order chi connectivity index (χ1) is 8.33. The molecule has 86 valence electrons. The smallest absolute Gasteiger partial charge is 0.257 e. The van der Waals surface area contributed by atoms with Crippen LogP contribution in [0.15, 0.2) is 53.7 Å². The zero-order valence-corrected chi connectivity index (χ0v) is 9.22. The van der Waals surface area contributed by atoms with Gasteiger partial charge in [-0.1, -0.05) is 41.6 Å². The number of benzene rings is 1. The van der Waals surface area contributed by atoms with Gasteiger partial charge in [-0.05, 0) is 0 Å². The second-order valence-corrected chi connectivity index (χ2v) is 3.43. The fourth-order valence-corrected chi connectivity index (χ4v) is 1.46. The van der Waals surface area contributed by atoms with E-state index in [0.717, 1.165) is 5.56 Å². The van der Waals surface area contributed by atoms with Crippen molar-refractivity contribution >= 4 is 5.91 Å². The van der Waals surface area contributed by atoms with Crippen LogP contribution < -0.4 is 5.32 Å². The van der Waals surface area contributed by atoms with Crippen LogP contribution in [0.5, 0.6) is 0 Å². The summed E-state index contributed by atoms with van der Waals surface area (Å²) in [5, 5.41) is 6.35. The molecular weight excluding hydrogens is 216 g/mol. The van der Waals surface area contributed by atoms with E-state index in [1.165, 1.54) is 6.20 Å². The molecule has 0 spiro atoms. The Morgan fingerprint density at radius 3 is 2.88 bits per heavy atom. The molecule has 0 saturated heterocycles. The molecule has 2 aromatic rings. The fraction of sp³-hybridized carbons (Fsp3) is 0.0769. The molecular formula is C13H12N2O2. The molecule has 0 unspecified atom stereocenters. The van der Waals surface area contributed by atoms with Crippen molar-refractivity contribution in [2.24, 2.45) is 0 Å². The van der Waals surface area contributed by atoms with E-state index < -0.39 is 0 Å². The number of nitrogens with zero attached hydrogens (tertiary/aromatic N) is 1. The van der Waals surface area contributed by atoms with Gasteiger partial charge in [0.2, 0.25) is 0 Å². The number of hydrogen-bond donors (Lipinski definition) is 1. The van der Waals surface area contributed by atoms with E-state index in [1.807, 2.05) is 30.3 Å². The highest BCUT2D eigenvalue weighted by Gasteiger charge is 2.16. The predicted molar refractivity (Wildman–Crippen MR) is 64.5 cm³/mol. The highest BCUT2D eigenvalue weighted by Crippen LogP contribution is 2.22. The lowest BCUT2D eigenvalue weighted by Crippen LogP contribution is -2.23. The maximum absolute atomic E-state index is 11.8. The van der Waals surface area contributed by atoms with Crippen molar-refractivity contribution in [3.05, 3.63) is 54.7 Å². The Morgan fingerprint density at radius 1 is 1.41 bits per heavy atom. The normalized spacial score (nSPS) is 9.88. The molecule has 1 aromatic heterocycles. The van der Waals surface area contributed by atoms with Gasteiger partial charge in [-0.3, -0.25) is 4.79 Å². The SMILES string of the molecule is C=CCNC(=O)c1cnoc1-c1ccccc1. The first-order valence-electron chi connectivity index (χ1n) is 5.22. The number of hydrogen-bond acceptors (Lipinski definition) is 3.